The Kier molecular flexibility index (Phi) is 2.29. The number of rotatable bonds is 1. The number of fused-ring (bicyclic) bond motifs is 1. The van der Waals surface area contributed by atoms with E-state index in [1.807, 2.05) is 0 Å². The molecule has 3 heteroatoms. The molecule has 0 heterocycles. The molecule has 2 aromatic carbocycles. The van der Waals surface area contributed by atoms with Crippen LogP contribution in [0.4, 0.5) is 0 Å². The van der Waals surface area contributed by atoms with Crippen LogP contribution in [0.5, 0.6) is 5.75 Å². The van der Waals surface area contributed by atoms with E-state index in [9.17, 15) is 9.90 Å². The largest absolute Gasteiger partial charge is 0.507 e. The Balaban J connectivity index is 2.77. The minimum atomic E-state index is -0.397. The number of benzene rings is 2. The number of hydrogen-bond acceptors (Lipinski definition) is 3. The summed E-state index contributed by atoms with van der Waals surface area (Å²) in [4.78, 5) is 11.4. The van der Waals surface area contributed by atoms with Crippen LogP contribution in [-0.2, 0) is 4.74 Å². The molecule has 0 amide bonds. The van der Waals surface area contributed by atoms with Gasteiger partial charge in [0.05, 0.1) is 12.7 Å². The summed E-state index contributed by atoms with van der Waals surface area (Å²) in [6.45, 7) is 0. The Hall–Kier alpha value is -2.03. The van der Waals surface area contributed by atoms with Crippen molar-refractivity contribution in [2.24, 2.45) is 0 Å². The average molecular weight is 202 g/mol. The van der Waals surface area contributed by atoms with Crippen molar-refractivity contribution >= 4 is 16.7 Å². The van der Waals surface area contributed by atoms with Gasteiger partial charge in [0, 0.05) is 5.39 Å². The van der Waals surface area contributed by atoms with Crippen molar-refractivity contribution in [3.05, 3.63) is 42.0 Å². The predicted molar refractivity (Wildman–Crippen MR) is 57.0 cm³/mol. The van der Waals surface area contributed by atoms with Crippen LogP contribution in [0.25, 0.3) is 10.8 Å². The third-order valence-corrected chi connectivity index (χ3v) is 2.30. The first-order chi connectivity index (χ1) is 7.24. The van der Waals surface area contributed by atoms with Crippen LogP contribution in [0, 0.1) is 0 Å². The lowest BCUT2D eigenvalue weighted by Gasteiger charge is -2.05. The normalized spacial score (nSPS) is 10.2. The van der Waals surface area contributed by atoms with Gasteiger partial charge in [-0.15, -0.1) is 0 Å². The predicted octanol–water partition coefficient (Wildman–Crippen LogP) is 2.33. The van der Waals surface area contributed by atoms with Gasteiger partial charge in [-0.05, 0) is 17.5 Å². The molecule has 0 atom stereocenters. The number of aromatic hydroxyl groups is 1. The molecule has 0 spiro atoms. The Morgan fingerprint density at radius 3 is 2.53 bits per heavy atom. The number of methoxy groups -OCH3 is 1. The Labute approximate surface area is 86.9 Å². The number of carbonyl (C=O) groups is 1. The highest BCUT2D eigenvalue weighted by Crippen LogP contribution is 2.26. The molecule has 0 fully saturated rings. The number of phenols is 1. The standard InChI is InChI=1S/C12H10O3/c1-15-12(14)10-6-2-5-9-8(10)4-3-7-11(9)13/h2-7,13H,1H3. The monoisotopic (exact) mass is 202 g/mol. The van der Waals surface area contributed by atoms with E-state index in [1.54, 1.807) is 36.4 Å². The number of ether oxygens (including phenoxy) is 1. The van der Waals surface area contributed by atoms with Gasteiger partial charge in [0.2, 0.25) is 0 Å². The fraction of sp³-hybridized carbons (Fsp3) is 0.0833. The zero-order valence-electron chi connectivity index (χ0n) is 8.23. The van der Waals surface area contributed by atoms with Crippen LogP contribution in [0.1, 0.15) is 10.4 Å². The van der Waals surface area contributed by atoms with Crippen LogP contribution in [0.2, 0.25) is 0 Å². The first-order valence-electron chi connectivity index (χ1n) is 4.53. The van der Waals surface area contributed by atoms with Gasteiger partial charge >= 0.3 is 5.97 Å². The van der Waals surface area contributed by atoms with Crippen molar-refractivity contribution in [3.63, 3.8) is 0 Å². The number of phenolic OH excluding ortho intramolecular Hbond substituents is 1. The van der Waals surface area contributed by atoms with Crippen LogP contribution in [-0.4, -0.2) is 18.2 Å². The Bertz CT molecular complexity index is 517. The second kappa shape index (κ2) is 3.61. The van der Waals surface area contributed by atoms with Gasteiger partial charge in [0.15, 0.2) is 0 Å². The molecule has 0 bridgehead atoms. The van der Waals surface area contributed by atoms with E-state index in [0.717, 1.165) is 0 Å². The molecule has 76 valence electrons. The van der Waals surface area contributed by atoms with Gasteiger partial charge in [-0.3, -0.25) is 0 Å². The number of esters is 1. The zero-order chi connectivity index (χ0) is 10.8. The molecular formula is C12H10O3. The lowest BCUT2D eigenvalue weighted by Crippen LogP contribution is -2.01. The molecular weight excluding hydrogens is 192 g/mol. The Morgan fingerprint density at radius 1 is 1.13 bits per heavy atom. The minimum absolute atomic E-state index is 0.165. The summed E-state index contributed by atoms with van der Waals surface area (Å²) in [6.07, 6.45) is 0. The lowest BCUT2D eigenvalue weighted by molar-refractivity contribution is 0.0603. The third kappa shape index (κ3) is 1.52. The summed E-state index contributed by atoms with van der Waals surface area (Å²) in [5.74, 6) is -0.232. The highest BCUT2D eigenvalue weighted by molar-refractivity contribution is 6.05. The molecule has 0 saturated carbocycles. The van der Waals surface area contributed by atoms with Crippen LogP contribution in [0.15, 0.2) is 36.4 Å². The number of carbonyl (C=O) groups excluding carboxylic acids is 1. The first-order valence-corrected chi connectivity index (χ1v) is 4.53. The highest BCUT2D eigenvalue weighted by Gasteiger charge is 2.10. The van der Waals surface area contributed by atoms with Crippen molar-refractivity contribution in [3.8, 4) is 5.75 Å². The number of hydrogen-bond donors (Lipinski definition) is 1. The fourth-order valence-electron chi connectivity index (χ4n) is 1.58. The minimum Gasteiger partial charge on any atom is -0.507 e. The maximum Gasteiger partial charge on any atom is 0.338 e. The maximum absolute atomic E-state index is 11.4. The van der Waals surface area contributed by atoms with Crippen molar-refractivity contribution in [2.75, 3.05) is 7.11 Å². The van der Waals surface area contributed by atoms with E-state index in [4.69, 9.17) is 0 Å². The van der Waals surface area contributed by atoms with Gasteiger partial charge < -0.3 is 9.84 Å². The summed E-state index contributed by atoms with van der Waals surface area (Å²) in [5.41, 5.74) is 0.464. The molecule has 1 N–H and O–H groups in total. The zero-order valence-corrected chi connectivity index (χ0v) is 8.23. The quantitative estimate of drug-likeness (QED) is 0.722. The molecule has 0 aromatic heterocycles. The van der Waals surface area contributed by atoms with Gasteiger partial charge in [0.25, 0.3) is 0 Å². The fourth-order valence-corrected chi connectivity index (χ4v) is 1.58. The highest BCUT2D eigenvalue weighted by atomic mass is 16.5. The average Bonchev–Trinajstić information content (AvgIpc) is 2.28. The van der Waals surface area contributed by atoms with E-state index in [0.29, 0.717) is 16.3 Å². The summed E-state index contributed by atoms with van der Waals surface area (Å²) in [5, 5.41) is 10.9. The van der Waals surface area contributed by atoms with E-state index < -0.39 is 5.97 Å². The van der Waals surface area contributed by atoms with Crippen LogP contribution >= 0.6 is 0 Å². The molecule has 15 heavy (non-hydrogen) atoms. The van der Waals surface area contributed by atoms with Gasteiger partial charge in [-0.25, -0.2) is 4.79 Å². The van der Waals surface area contributed by atoms with Crippen LogP contribution in [0.3, 0.4) is 0 Å². The molecule has 0 radical (unpaired) electrons. The molecule has 0 aliphatic heterocycles. The van der Waals surface area contributed by atoms with Gasteiger partial charge in [-0.1, -0.05) is 24.3 Å². The molecule has 0 aliphatic rings. The maximum atomic E-state index is 11.4. The van der Waals surface area contributed by atoms with E-state index >= 15 is 0 Å². The summed E-state index contributed by atoms with van der Waals surface area (Å²) < 4.78 is 4.66. The summed E-state index contributed by atoms with van der Waals surface area (Å²) >= 11 is 0. The van der Waals surface area contributed by atoms with Gasteiger partial charge in [-0.2, -0.15) is 0 Å². The summed E-state index contributed by atoms with van der Waals surface area (Å²) in [7, 11) is 1.34. The van der Waals surface area contributed by atoms with Crippen molar-refractivity contribution in [2.45, 2.75) is 0 Å². The summed E-state index contributed by atoms with van der Waals surface area (Å²) in [6, 6.07) is 10.2. The van der Waals surface area contributed by atoms with E-state index in [1.165, 1.54) is 7.11 Å². The third-order valence-electron chi connectivity index (χ3n) is 2.30. The van der Waals surface area contributed by atoms with Crippen LogP contribution < -0.4 is 0 Å². The molecule has 2 rings (SSSR count). The van der Waals surface area contributed by atoms with E-state index in [-0.39, 0.29) is 5.75 Å². The molecule has 0 aliphatic carbocycles. The SMILES string of the molecule is COC(=O)c1cccc2c(O)cccc12. The molecule has 0 unspecified atom stereocenters. The molecule has 2 aromatic rings. The second-order valence-corrected chi connectivity index (χ2v) is 3.17. The Morgan fingerprint density at radius 2 is 1.80 bits per heavy atom. The first kappa shape index (κ1) is 9.52. The van der Waals surface area contributed by atoms with Crippen molar-refractivity contribution < 1.29 is 14.6 Å². The topological polar surface area (TPSA) is 46.5 Å². The van der Waals surface area contributed by atoms with E-state index in [2.05, 4.69) is 4.74 Å². The molecule has 0 saturated heterocycles. The second-order valence-electron chi connectivity index (χ2n) is 3.17. The lowest BCUT2D eigenvalue weighted by atomic mass is 10.0. The van der Waals surface area contributed by atoms with Gasteiger partial charge in [0.1, 0.15) is 5.75 Å². The molecule has 3 nitrogen and oxygen atoms in total. The van der Waals surface area contributed by atoms with Crippen molar-refractivity contribution in [1.29, 1.82) is 0 Å². The smallest absolute Gasteiger partial charge is 0.338 e. The van der Waals surface area contributed by atoms with Crippen molar-refractivity contribution in [1.82, 2.24) is 0 Å².